The number of carbonyl (C=O) groups is 1. The molecule has 8 nitrogen and oxygen atoms in total. The number of rotatable bonds is 7. The summed E-state index contributed by atoms with van der Waals surface area (Å²) in [6.07, 6.45) is 0. The van der Waals surface area contributed by atoms with Crippen LogP contribution in [-0.2, 0) is 14.8 Å². The van der Waals surface area contributed by atoms with Crippen LogP contribution in [0.3, 0.4) is 0 Å². The predicted molar refractivity (Wildman–Crippen MR) is 97.7 cm³/mol. The second kappa shape index (κ2) is 7.96. The summed E-state index contributed by atoms with van der Waals surface area (Å²) in [5.74, 6) is 0.842. The second-order valence-electron chi connectivity index (χ2n) is 5.21. The number of hydrogen-bond donors (Lipinski definition) is 2. The molecule has 0 heterocycles. The van der Waals surface area contributed by atoms with Crippen LogP contribution in [0.5, 0.6) is 17.2 Å². The van der Waals surface area contributed by atoms with Crippen LogP contribution < -0.4 is 24.2 Å². The van der Waals surface area contributed by atoms with Gasteiger partial charge in [-0.05, 0) is 30.3 Å². The molecule has 0 aliphatic carbocycles. The van der Waals surface area contributed by atoms with Gasteiger partial charge in [-0.3, -0.25) is 9.52 Å². The first-order valence-electron chi connectivity index (χ1n) is 7.51. The molecule has 0 aromatic heterocycles. The van der Waals surface area contributed by atoms with Crippen LogP contribution in [0, 0.1) is 0 Å². The molecule has 0 saturated carbocycles. The lowest BCUT2D eigenvalue weighted by atomic mass is 10.3. The fourth-order valence-corrected chi connectivity index (χ4v) is 3.32. The van der Waals surface area contributed by atoms with Crippen LogP contribution in [-0.4, -0.2) is 35.7 Å². The first-order chi connectivity index (χ1) is 12.3. The molecule has 2 aromatic carbocycles. The van der Waals surface area contributed by atoms with Crippen molar-refractivity contribution in [3.05, 3.63) is 36.4 Å². The van der Waals surface area contributed by atoms with E-state index in [2.05, 4.69) is 10.0 Å². The lowest BCUT2D eigenvalue weighted by Gasteiger charge is -2.15. The van der Waals surface area contributed by atoms with Crippen molar-refractivity contribution in [1.29, 1.82) is 0 Å². The molecular formula is C17H20N2O6S. The van der Waals surface area contributed by atoms with Crippen LogP contribution in [0.2, 0.25) is 0 Å². The minimum Gasteiger partial charge on any atom is -0.497 e. The molecule has 2 N–H and O–H groups in total. The lowest BCUT2D eigenvalue weighted by Crippen LogP contribution is -2.15. The van der Waals surface area contributed by atoms with E-state index < -0.39 is 10.0 Å². The summed E-state index contributed by atoms with van der Waals surface area (Å²) >= 11 is 0. The van der Waals surface area contributed by atoms with Gasteiger partial charge in [-0.2, -0.15) is 0 Å². The molecule has 0 saturated heterocycles. The standard InChI is InChI=1S/C17H20N2O6S/c1-11(20)18-15-10-13(6-8-16(15)24-3)26(21,22)19-14-7-5-12(23-2)9-17(14)25-4/h5-10,19H,1-4H3,(H,18,20). The van der Waals surface area contributed by atoms with Gasteiger partial charge in [-0.15, -0.1) is 0 Å². The minimum atomic E-state index is -3.93. The summed E-state index contributed by atoms with van der Waals surface area (Å²) < 4.78 is 43.3. The largest absolute Gasteiger partial charge is 0.497 e. The highest BCUT2D eigenvalue weighted by Gasteiger charge is 2.19. The zero-order chi connectivity index (χ0) is 19.3. The van der Waals surface area contributed by atoms with E-state index in [0.29, 0.717) is 17.2 Å². The zero-order valence-corrected chi connectivity index (χ0v) is 15.6. The summed E-state index contributed by atoms with van der Waals surface area (Å²) in [7, 11) is 0.424. The maximum absolute atomic E-state index is 12.7. The number of hydrogen-bond acceptors (Lipinski definition) is 6. The van der Waals surface area contributed by atoms with Crippen LogP contribution in [0.1, 0.15) is 6.92 Å². The molecule has 0 spiro atoms. The molecule has 0 unspecified atom stereocenters. The van der Waals surface area contributed by atoms with E-state index in [1.54, 1.807) is 12.1 Å². The van der Waals surface area contributed by atoms with Gasteiger partial charge in [0.2, 0.25) is 5.91 Å². The molecule has 9 heteroatoms. The Kier molecular flexibility index (Phi) is 5.93. The third-order valence-electron chi connectivity index (χ3n) is 3.44. The van der Waals surface area contributed by atoms with Crippen molar-refractivity contribution in [3.63, 3.8) is 0 Å². The number of anilines is 2. The van der Waals surface area contributed by atoms with E-state index in [4.69, 9.17) is 14.2 Å². The van der Waals surface area contributed by atoms with Crippen LogP contribution >= 0.6 is 0 Å². The van der Waals surface area contributed by atoms with E-state index in [-0.39, 0.29) is 22.2 Å². The fourth-order valence-electron chi connectivity index (χ4n) is 2.23. The number of benzene rings is 2. The van der Waals surface area contributed by atoms with Crippen molar-refractivity contribution in [2.45, 2.75) is 11.8 Å². The van der Waals surface area contributed by atoms with E-state index in [9.17, 15) is 13.2 Å². The van der Waals surface area contributed by atoms with Gasteiger partial charge in [0.05, 0.1) is 37.6 Å². The van der Waals surface area contributed by atoms with Gasteiger partial charge in [0.15, 0.2) is 0 Å². The maximum Gasteiger partial charge on any atom is 0.262 e. The molecule has 2 aromatic rings. The SMILES string of the molecule is COc1ccc(NS(=O)(=O)c2ccc(OC)c(NC(C)=O)c2)c(OC)c1. The van der Waals surface area contributed by atoms with Gasteiger partial charge >= 0.3 is 0 Å². The topological polar surface area (TPSA) is 103 Å². The Balaban J connectivity index is 2.40. The molecule has 1 amide bonds. The highest BCUT2D eigenvalue weighted by molar-refractivity contribution is 7.92. The molecule has 0 fully saturated rings. The second-order valence-corrected chi connectivity index (χ2v) is 6.90. The zero-order valence-electron chi connectivity index (χ0n) is 14.8. The Bertz CT molecular complexity index is 911. The molecule has 0 aliphatic heterocycles. The first kappa shape index (κ1) is 19.4. The van der Waals surface area contributed by atoms with E-state index >= 15 is 0 Å². The number of ether oxygens (including phenoxy) is 3. The Morgan fingerprint density at radius 3 is 2.15 bits per heavy atom. The molecule has 0 bridgehead atoms. The van der Waals surface area contributed by atoms with Gasteiger partial charge in [-0.1, -0.05) is 0 Å². The van der Waals surface area contributed by atoms with Crippen molar-refractivity contribution < 1.29 is 27.4 Å². The smallest absolute Gasteiger partial charge is 0.262 e. The summed E-state index contributed by atoms with van der Waals surface area (Å²) in [6, 6.07) is 8.87. The average molecular weight is 380 g/mol. The summed E-state index contributed by atoms with van der Waals surface area (Å²) in [5, 5.41) is 2.54. The Hall–Kier alpha value is -2.94. The molecule has 2 rings (SSSR count). The normalized spacial score (nSPS) is 10.8. The van der Waals surface area contributed by atoms with Crippen molar-refractivity contribution in [2.24, 2.45) is 0 Å². The van der Waals surface area contributed by atoms with Crippen molar-refractivity contribution in [3.8, 4) is 17.2 Å². The van der Waals surface area contributed by atoms with Crippen LogP contribution in [0.25, 0.3) is 0 Å². The quantitative estimate of drug-likeness (QED) is 0.765. The van der Waals surface area contributed by atoms with E-state index in [1.165, 1.54) is 52.5 Å². The van der Waals surface area contributed by atoms with Crippen LogP contribution in [0.4, 0.5) is 11.4 Å². The molecule has 0 radical (unpaired) electrons. The average Bonchev–Trinajstić information content (AvgIpc) is 2.61. The molecular weight excluding hydrogens is 360 g/mol. The molecule has 140 valence electrons. The maximum atomic E-state index is 12.7. The molecule has 0 aliphatic rings. The van der Waals surface area contributed by atoms with Crippen LogP contribution in [0.15, 0.2) is 41.3 Å². The number of amides is 1. The number of sulfonamides is 1. The number of nitrogens with one attached hydrogen (secondary N) is 2. The monoisotopic (exact) mass is 380 g/mol. The first-order valence-corrected chi connectivity index (χ1v) is 8.99. The molecule has 26 heavy (non-hydrogen) atoms. The fraction of sp³-hybridized carbons (Fsp3) is 0.235. The third kappa shape index (κ3) is 4.37. The van der Waals surface area contributed by atoms with Crippen molar-refractivity contribution >= 4 is 27.3 Å². The highest BCUT2D eigenvalue weighted by Crippen LogP contribution is 2.32. The van der Waals surface area contributed by atoms with Gasteiger partial charge < -0.3 is 19.5 Å². The Morgan fingerprint density at radius 2 is 1.58 bits per heavy atom. The minimum absolute atomic E-state index is 0.0417. The summed E-state index contributed by atoms with van der Waals surface area (Å²) in [6.45, 7) is 1.32. The predicted octanol–water partition coefficient (Wildman–Crippen LogP) is 2.47. The van der Waals surface area contributed by atoms with E-state index in [1.807, 2.05) is 0 Å². The van der Waals surface area contributed by atoms with Gasteiger partial charge in [0.25, 0.3) is 10.0 Å². The van der Waals surface area contributed by atoms with Gasteiger partial charge in [0.1, 0.15) is 17.2 Å². The van der Waals surface area contributed by atoms with Crippen molar-refractivity contribution in [2.75, 3.05) is 31.4 Å². The Labute approximate surface area is 152 Å². The van der Waals surface area contributed by atoms with Crippen molar-refractivity contribution in [1.82, 2.24) is 0 Å². The van der Waals surface area contributed by atoms with Gasteiger partial charge in [-0.25, -0.2) is 8.42 Å². The van der Waals surface area contributed by atoms with Gasteiger partial charge in [0, 0.05) is 13.0 Å². The number of methoxy groups -OCH3 is 3. The highest BCUT2D eigenvalue weighted by atomic mass is 32.2. The molecule has 0 atom stereocenters. The van der Waals surface area contributed by atoms with E-state index in [0.717, 1.165) is 0 Å². The summed E-state index contributed by atoms with van der Waals surface area (Å²) in [5.41, 5.74) is 0.509. The summed E-state index contributed by atoms with van der Waals surface area (Å²) in [4.78, 5) is 11.3. The number of carbonyl (C=O) groups excluding carboxylic acids is 1. The third-order valence-corrected chi connectivity index (χ3v) is 4.81. The Morgan fingerprint density at radius 1 is 0.885 bits per heavy atom. The lowest BCUT2D eigenvalue weighted by molar-refractivity contribution is -0.114.